The molecule has 0 spiro atoms. The molecule has 14 heavy (non-hydrogen) atoms. The Labute approximate surface area is 87.4 Å². The van der Waals surface area contributed by atoms with Crippen molar-refractivity contribution in [2.75, 3.05) is 0 Å². The van der Waals surface area contributed by atoms with Crippen molar-refractivity contribution in [3.63, 3.8) is 0 Å². The van der Waals surface area contributed by atoms with Gasteiger partial charge in [0.25, 0.3) is 0 Å². The Morgan fingerprint density at radius 1 is 1.36 bits per heavy atom. The Kier molecular flexibility index (Phi) is 2.90. The fourth-order valence-electron chi connectivity index (χ4n) is 2.60. The molecule has 2 rings (SSSR count). The van der Waals surface area contributed by atoms with Gasteiger partial charge in [-0.3, -0.25) is 0 Å². The van der Waals surface area contributed by atoms with Gasteiger partial charge >= 0.3 is 0 Å². The molecular formula is C14H20. The monoisotopic (exact) mass is 188 g/mol. The van der Waals surface area contributed by atoms with E-state index in [1.807, 2.05) is 0 Å². The van der Waals surface area contributed by atoms with Crippen LogP contribution in [0.4, 0.5) is 0 Å². The molecular weight excluding hydrogens is 168 g/mol. The number of hydrogen-bond donors (Lipinski definition) is 0. The molecule has 0 aromatic carbocycles. The summed E-state index contributed by atoms with van der Waals surface area (Å²) in [7, 11) is 0. The lowest BCUT2D eigenvalue weighted by Crippen LogP contribution is -2.11. The van der Waals surface area contributed by atoms with Gasteiger partial charge in [-0.2, -0.15) is 0 Å². The van der Waals surface area contributed by atoms with Gasteiger partial charge in [-0.05, 0) is 42.7 Å². The third-order valence-corrected chi connectivity index (χ3v) is 3.47. The molecule has 0 heteroatoms. The SMILES string of the molecule is CC1=CC=C/C1=C/[C@@H]1CCCC(C)C1. The lowest BCUT2D eigenvalue weighted by molar-refractivity contribution is 0.325. The topological polar surface area (TPSA) is 0 Å². The molecule has 0 saturated heterocycles. The quantitative estimate of drug-likeness (QED) is 0.577. The summed E-state index contributed by atoms with van der Waals surface area (Å²) < 4.78 is 0. The van der Waals surface area contributed by atoms with Crippen molar-refractivity contribution in [3.05, 3.63) is 35.5 Å². The van der Waals surface area contributed by atoms with Crippen molar-refractivity contribution in [1.29, 1.82) is 0 Å². The van der Waals surface area contributed by atoms with Crippen LogP contribution in [0.15, 0.2) is 35.5 Å². The second-order valence-electron chi connectivity index (χ2n) is 4.86. The van der Waals surface area contributed by atoms with Gasteiger partial charge in [0.1, 0.15) is 0 Å². The average Bonchev–Trinajstić information content (AvgIpc) is 2.52. The van der Waals surface area contributed by atoms with Crippen molar-refractivity contribution >= 4 is 0 Å². The Hall–Kier alpha value is -0.780. The number of rotatable bonds is 1. The maximum Gasteiger partial charge on any atom is -0.0222 e. The van der Waals surface area contributed by atoms with E-state index in [2.05, 4.69) is 38.2 Å². The summed E-state index contributed by atoms with van der Waals surface area (Å²) in [5.74, 6) is 1.76. The van der Waals surface area contributed by atoms with Crippen molar-refractivity contribution in [1.82, 2.24) is 0 Å². The molecule has 1 unspecified atom stereocenters. The van der Waals surface area contributed by atoms with Gasteiger partial charge < -0.3 is 0 Å². The zero-order valence-corrected chi connectivity index (χ0v) is 9.29. The van der Waals surface area contributed by atoms with Gasteiger partial charge in [0.15, 0.2) is 0 Å². The minimum absolute atomic E-state index is 0.833. The third kappa shape index (κ3) is 2.17. The van der Waals surface area contributed by atoms with Crippen molar-refractivity contribution in [2.24, 2.45) is 11.8 Å². The summed E-state index contributed by atoms with van der Waals surface area (Å²) in [5.41, 5.74) is 2.90. The van der Waals surface area contributed by atoms with E-state index in [-0.39, 0.29) is 0 Å². The maximum absolute atomic E-state index is 2.49. The smallest absolute Gasteiger partial charge is 0.0222 e. The van der Waals surface area contributed by atoms with E-state index in [0.717, 1.165) is 11.8 Å². The minimum atomic E-state index is 0.833. The molecule has 1 saturated carbocycles. The molecule has 0 amide bonds. The molecule has 0 aromatic heterocycles. The van der Waals surface area contributed by atoms with Crippen molar-refractivity contribution < 1.29 is 0 Å². The minimum Gasteiger partial charge on any atom is -0.0739 e. The van der Waals surface area contributed by atoms with Crippen LogP contribution in [0.25, 0.3) is 0 Å². The fraction of sp³-hybridized carbons (Fsp3) is 0.571. The van der Waals surface area contributed by atoms with Crippen LogP contribution >= 0.6 is 0 Å². The zero-order chi connectivity index (χ0) is 9.97. The molecule has 0 aromatic rings. The largest absolute Gasteiger partial charge is 0.0739 e. The van der Waals surface area contributed by atoms with Gasteiger partial charge in [-0.1, -0.05) is 44.1 Å². The summed E-state index contributed by atoms with van der Waals surface area (Å²) in [4.78, 5) is 0. The van der Waals surface area contributed by atoms with Crippen LogP contribution in [0.3, 0.4) is 0 Å². The number of allylic oxidation sites excluding steroid dienone is 6. The average molecular weight is 188 g/mol. The Morgan fingerprint density at radius 3 is 2.86 bits per heavy atom. The third-order valence-electron chi connectivity index (χ3n) is 3.47. The second-order valence-corrected chi connectivity index (χ2v) is 4.86. The van der Waals surface area contributed by atoms with Crippen LogP contribution in [0.5, 0.6) is 0 Å². The molecule has 0 aliphatic heterocycles. The molecule has 0 bridgehead atoms. The molecule has 0 heterocycles. The van der Waals surface area contributed by atoms with Crippen molar-refractivity contribution in [3.8, 4) is 0 Å². The van der Waals surface area contributed by atoms with Gasteiger partial charge in [0.2, 0.25) is 0 Å². The van der Waals surface area contributed by atoms with Crippen molar-refractivity contribution in [2.45, 2.75) is 39.5 Å². The van der Waals surface area contributed by atoms with E-state index >= 15 is 0 Å². The fourth-order valence-corrected chi connectivity index (χ4v) is 2.60. The summed E-state index contributed by atoms with van der Waals surface area (Å²) >= 11 is 0. The first-order chi connectivity index (χ1) is 6.75. The highest BCUT2D eigenvalue weighted by Gasteiger charge is 2.17. The first-order valence-corrected chi connectivity index (χ1v) is 5.83. The van der Waals surface area contributed by atoms with Crippen LogP contribution < -0.4 is 0 Å². The Bertz CT molecular complexity index is 291. The predicted octanol–water partition coefficient (Wildman–Crippen LogP) is 4.26. The summed E-state index contributed by atoms with van der Waals surface area (Å²) in [6.45, 7) is 4.59. The summed E-state index contributed by atoms with van der Waals surface area (Å²) in [5, 5.41) is 0. The highest BCUT2D eigenvalue weighted by molar-refractivity contribution is 5.47. The first kappa shape index (κ1) is 9.76. The maximum atomic E-state index is 2.49. The molecule has 2 aliphatic rings. The standard InChI is InChI=1S/C14H20/c1-11-5-3-7-13(9-11)10-14-8-4-6-12(14)2/h4,6,8,10-11,13H,3,5,7,9H2,1-2H3/b14-10-/t11?,13-/m1/s1. The highest BCUT2D eigenvalue weighted by atomic mass is 14.2. The molecule has 0 radical (unpaired) electrons. The van der Waals surface area contributed by atoms with Gasteiger partial charge in [-0.15, -0.1) is 0 Å². The Balaban J connectivity index is 2.02. The second kappa shape index (κ2) is 4.16. The van der Waals surface area contributed by atoms with E-state index in [4.69, 9.17) is 0 Å². The van der Waals surface area contributed by atoms with Gasteiger partial charge in [0, 0.05) is 0 Å². The lowest BCUT2D eigenvalue weighted by atomic mass is 9.81. The van der Waals surface area contributed by atoms with E-state index < -0.39 is 0 Å². The number of hydrogen-bond acceptors (Lipinski definition) is 0. The Morgan fingerprint density at radius 2 is 2.21 bits per heavy atom. The first-order valence-electron chi connectivity index (χ1n) is 5.83. The molecule has 0 N–H and O–H groups in total. The molecule has 2 aliphatic carbocycles. The van der Waals surface area contributed by atoms with Gasteiger partial charge in [-0.25, -0.2) is 0 Å². The van der Waals surface area contributed by atoms with E-state index in [9.17, 15) is 0 Å². The molecule has 76 valence electrons. The van der Waals surface area contributed by atoms with Crippen LogP contribution in [-0.2, 0) is 0 Å². The van der Waals surface area contributed by atoms with E-state index in [1.165, 1.54) is 36.8 Å². The summed E-state index contributed by atoms with van der Waals surface area (Å²) in [6.07, 6.45) is 14.7. The van der Waals surface area contributed by atoms with Crippen LogP contribution in [0.2, 0.25) is 0 Å². The van der Waals surface area contributed by atoms with Crippen LogP contribution in [0.1, 0.15) is 39.5 Å². The lowest BCUT2D eigenvalue weighted by Gasteiger charge is -2.24. The van der Waals surface area contributed by atoms with Crippen LogP contribution in [0, 0.1) is 11.8 Å². The normalized spacial score (nSPS) is 35.0. The van der Waals surface area contributed by atoms with Gasteiger partial charge in [0.05, 0.1) is 0 Å². The predicted molar refractivity (Wildman–Crippen MR) is 62.1 cm³/mol. The zero-order valence-electron chi connectivity index (χ0n) is 9.29. The van der Waals surface area contributed by atoms with Crippen LogP contribution in [-0.4, -0.2) is 0 Å². The molecule has 2 atom stereocenters. The summed E-state index contributed by atoms with van der Waals surface area (Å²) in [6, 6.07) is 0. The molecule has 0 nitrogen and oxygen atoms in total. The molecule has 1 fully saturated rings. The van der Waals surface area contributed by atoms with E-state index in [1.54, 1.807) is 0 Å². The van der Waals surface area contributed by atoms with E-state index in [0.29, 0.717) is 0 Å². The highest BCUT2D eigenvalue weighted by Crippen LogP contribution is 2.31.